The van der Waals surface area contributed by atoms with E-state index in [0.717, 1.165) is 0 Å². The number of esters is 1. The summed E-state index contributed by atoms with van der Waals surface area (Å²) >= 11 is 6.14. The van der Waals surface area contributed by atoms with Crippen molar-refractivity contribution < 1.29 is 28.6 Å². The highest BCUT2D eigenvalue weighted by Crippen LogP contribution is 2.36. The molecule has 3 N–H and O–H groups in total. The first-order chi connectivity index (χ1) is 11.7. The smallest absolute Gasteiger partial charge is 0.338 e. The van der Waals surface area contributed by atoms with E-state index in [-0.39, 0.29) is 28.8 Å². The monoisotopic (exact) mass is 372 g/mol. The van der Waals surface area contributed by atoms with Crippen molar-refractivity contribution >= 4 is 29.4 Å². The second kappa shape index (κ2) is 9.73. The summed E-state index contributed by atoms with van der Waals surface area (Å²) in [6.45, 7) is 3.50. The molecule has 25 heavy (non-hydrogen) atoms. The summed E-state index contributed by atoms with van der Waals surface area (Å²) in [6.07, 6.45) is 0. The Morgan fingerprint density at radius 2 is 1.96 bits per heavy atom. The van der Waals surface area contributed by atoms with E-state index in [1.54, 1.807) is 0 Å². The average molecular weight is 373 g/mol. The molecule has 0 aliphatic rings. The quantitative estimate of drug-likeness (QED) is 0.628. The Bertz CT molecular complexity index is 648. The lowest BCUT2D eigenvalue weighted by Gasteiger charge is -2.15. The van der Waals surface area contributed by atoms with Crippen LogP contribution in [0.3, 0.4) is 0 Å². The van der Waals surface area contributed by atoms with Crippen molar-refractivity contribution in [2.45, 2.75) is 13.8 Å². The Labute approximate surface area is 150 Å². The van der Waals surface area contributed by atoms with Crippen LogP contribution in [0.5, 0.6) is 11.5 Å². The molecule has 0 unspecified atom stereocenters. The summed E-state index contributed by atoms with van der Waals surface area (Å²) in [5, 5.41) is 2.38. The number of rotatable bonds is 9. The Balaban J connectivity index is 2.77. The number of amides is 2. The van der Waals surface area contributed by atoms with Crippen molar-refractivity contribution in [1.82, 2.24) is 5.32 Å². The number of halogens is 1. The van der Waals surface area contributed by atoms with Gasteiger partial charge in [-0.1, -0.05) is 25.4 Å². The topological polar surface area (TPSA) is 117 Å². The molecule has 9 heteroatoms. The molecule has 0 aromatic heterocycles. The molecule has 0 atom stereocenters. The van der Waals surface area contributed by atoms with E-state index in [0.29, 0.717) is 12.4 Å². The van der Waals surface area contributed by atoms with Crippen LogP contribution in [0.2, 0.25) is 5.02 Å². The van der Waals surface area contributed by atoms with Crippen LogP contribution in [0.4, 0.5) is 0 Å². The molecule has 1 rings (SSSR count). The first-order valence-corrected chi connectivity index (χ1v) is 7.84. The van der Waals surface area contributed by atoms with E-state index in [2.05, 4.69) is 5.32 Å². The molecule has 1 aromatic carbocycles. The third-order valence-electron chi connectivity index (χ3n) is 2.82. The molecule has 138 valence electrons. The minimum atomic E-state index is -0.773. The number of methoxy groups -OCH3 is 1. The van der Waals surface area contributed by atoms with Gasteiger partial charge in [-0.15, -0.1) is 0 Å². The predicted molar refractivity (Wildman–Crippen MR) is 90.8 cm³/mol. The van der Waals surface area contributed by atoms with Gasteiger partial charge in [-0.25, -0.2) is 4.79 Å². The zero-order valence-corrected chi connectivity index (χ0v) is 15.0. The maximum absolute atomic E-state index is 12.0. The van der Waals surface area contributed by atoms with E-state index < -0.39 is 24.4 Å². The van der Waals surface area contributed by atoms with Gasteiger partial charge in [0, 0.05) is 0 Å². The number of nitrogens with one attached hydrogen (secondary N) is 1. The van der Waals surface area contributed by atoms with Crippen LogP contribution in [0.15, 0.2) is 12.1 Å². The van der Waals surface area contributed by atoms with Gasteiger partial charge in [-0.05, 0) is 18.1 Å². The fourth-order valence-electron chi connectivity index (χ4n) is 1.68. The van der Waals surface area contributed by atoms with Gasteiger partial charge in [-0.2, -0.15) is 0 Å². The van der Waals surface area contributed by atoms with E-state index in [9.17, 15) is 14.4 Å². The molecule has 8 nitrogen and oxygen atoms in total. The van der Waals surface area contributed by atoms with Crippen molar-refractivity contribution in [2.75, 3.05) is 26.9 Å². The van der Waals surface area contributed by atoms with Crippen LogP contribution < -0.4 is 20.5 Å². The number of hydrogen-bond acceptors (Lipinski definition) is 6. The largest absolute Gasteiger partial charge is 0.493 e. The van der Waals surface area contributed by atoms with Crippen LogP contribution >= 0.6 is 11.6 Å². The number of hydrogen-bond donors (Lipinski definition) is 2. The Kier molecular flexibility index (Phi) is 8.00. The Morgan fingerprint density at radius 3 is 2.52 bits per heavy atom. The molecule has 0 heterocycles. The highest BCUT2D eigenvalue weighted by atomic mass is 35.5. The van der Waals surface area contributed by atoms with Crippen LogP contribution in [-0.4, -0.2) is 44.7 Å². The molecular weight excluding hydrogens is 352 g/mol. The first kappa shape index (κ1) is 20.6. The zero-order valence-electron chi connectivity index (χ0n) is 14.3. The second-order valence-corrected chi connectivity index (χ2v) is 5.92. The van der Waals surface area contributed by atoms with Crippen molar-refractivity contribution in [2.24, 2.45) is 11.7 Å². The summed E-state index contributed by atoms with van der Waals surface area (Å²) in [5.41, 5.74) is 4.99. The third-order valence-corrected chi connectivity index (χ3v) is 3.10. The van der Waals surface area contributed by atoms with Gasteiger partial charge in [0.05, 0.1) is 30.8 Å². The average Bonchev–Trinajstić information content (AvgIpc) is 2.55. The minimum Gasteiger partial charge on any atom is -0.493 e. The molecule has 0 saturated heterocycles. The SMILES string of the molecule is COc1cc(C(=O)OCC(=O)NCC(N)=O)cc(Cl)c1OCC(C)C. The lowest BCUT2D eigenvalue weighted by molar-refractivity contribution is -0.127. The summed E-state index contributed by atoms with van der Waals surface area (Å²) in [5.74, 6) is -1.24. The van der Waals surface area contributed by atoms with Crippen LogP contribution in [0.1, 0.15) is 24.2 Å². The molecule has 0 fully saturated rings. The predicted octanol–water partition coefficient (Wildman–Crippen LogP) is 1.14. The fraction of sp³-hybridized carbons (Fsp3) is 0.438. The Hall–Kier alpha value is -2.48. The van der Waals surface area contributed by atoms with Gasteiger partial charge >= 0.3 is 5.97 Å². The molecule has 1 aromatic rings. The molecule has 0 aliphatic heterocycles. The Morgan fingerprint density at radius 1 is 1.28 bits per heavy atom. The van der Waals surface area contributed by atoms with Crippen molar-refractivity contribution in [3.63, 3.8) is 0 Å². The number of ether oxygens (including phenoxy) is 3. The van der Waals surface area contributed by atoms with Crippen LogP contribution in [0, 0.1) is 5.92 Å². The third kappa shape index (κ3) is 6.88. The summed E-state index contributed by atoms with van der Waals surface area (Å²) in [4.78, 5) is 34.0. The highest BCUT2D eigenvalue weighted by molar-refractivity contribution is 6.32. The molecule has 0 saturated carbocycles. The van der Waals surface area contributed by atoms with Gasteiger partial charge in [-0.3, -0.25) is 9.59 Å². The molecule has 2 amide bonds. The van der Waals surface area contributed by atoms with Gasteiger partial charge in [0.2, 0.25) is 5.91 Å². The number of primary amides is 1. The fourth-order valence-corrected chi connectivity index (χ4v) is 1.94. The number of carbonyl (C=O) groups is 3. The van der Waals surface area contributed by atoms with Crippen LogP contribution in [-0.2, 0) is 14.3 Å². The number of carbonyl (C=O) groups excluding carboxylic acids is 3. The molecule has 0 aliphatic carbocycles. The van der Waals surface area contributed by atoms with Crippen molar-refractivity contribution in [1.29, 1.82) is 0 Å². The maximum atomic E-state index is 12.0. The van der Waals surface area contributed by atoms with Gasteiger partial charge in [0.25, 0.3) is 5.91 Å². The summed E-state index contributed by atoms with van der Waals surface area (Å²) in [6, 6.07) is 2.77. The molecule has 0 bridgehead atoms. The zero-order chi connectivity index (χ0) is 19.0. The van der Waals surface area contributed by atoms with Crippen LogP contribution in [0.25, 0.3) is 0 Å². The molecule has 0 radical (unpaired) electrons. The van der Waals surface area contributed by atoms with Crippen molar-refractivity contribution in [3.05, 3.63) is 22.7 Å². The van der Waals surface area contributed by atoms with E-state index in [4.69, 9.17) is 31.5 Å². The normalized spacial score (nSPS) is 10.3. The van der Waals surface area contributed by atoms with Gasteiger partial charge in [0.15, 0.2) is 18.1 Å². The van der Waals surface area contributed by atoms with E-state index in [1.807, 2.05) is 13.8 Å². The molecule has 0 spiro atoms. The molecular formula is C16H21ClN2O6. The minimum absolute atomic E-state index is 0.0986. The van der Waals surface area contributed by atoms with E-state index >= 15 is 0 Å². The van der Waals surface area contributed by atoms with Gasteiger partial charge < -0.3 is 25.3 Å². The standard InChI is InChI=1S/C16H21ClN2O6/c1-9(2)7-24-15-11(17)4-10(5-12(15)23-3)16(22)25-8-14(21)19-6-13(18)20/h4-5,9H,6-8H2,1-3H3,(H2,18,20)(H,19,21). The lowest BCUT2D eigenvalue weighted by atomic mass is 10.2. The summed E-state index contributed by atoms with van der Waals surface area (Å²) < 4.78 is 15.6. The number of benzene rings is 1. The highest BCUT2D eigenvalue weighted by Gasteiger charge is 2.18. The van der Waals surface area contributed by atoms with Crippen molar-refractivity contribution in [3.8, 4) is 11.5 Å². The second-order valence-electron chi connectivity index (χ2n) is 5.51. The summed E-state index contributed by atoms with van der Waals surface area (Å²) in [7, 11) is 1.42. The van der Waals surface area contributed by atoms with Gasteiger partial charge in [0.1, 0.15) is 0 Å². The lowest BCUT2D eigenvalue weighted by Crippen LogP contribution is -2.35. The maximum Gasteiger partial charge on any atom is 0.338 e. The first-order valence-electron chi connectivity index (χ1n) is 7.47. The number of nitrogens with two attached hydrogens (primary N) is 1. The van der Waals surface area contributed by atoms with E-state index in [1.165, 1.54) is 19.2 Å².